The number of rotatable bonds is 1. The molecule has 0 fully saturated rings. The molecule has 4 bridgehead atoms. The number of carboxylic acids is 1. The third-order valence-electron chi connectivity index (χ3n) is 2.93. The lowest BCUT2D eigenvalue weighted by Gasteiger charge is -1.97. The fourth-order valence-corrected chi connectivity index (χ4v) is 1.96. The molecule has 2 aromatic carbocycles. The normalized spacial score (nSPS) is 10.7. The minimum atomic E-state index is -1.29. The molecule has 1 aromatic heterocycles. The van der Waals surface area contributed by atoms with Crippen molar-refractivity contribution in [3.63, 3.8) is 0 Å². The molecule has 1 N–H and O–H groups in total. The van der Waals surface area contributed by atoms with E-state index in [-0.39, 0.29) is 21.9 Å². The quantitative estimate of drug-likeness (QED) is 0.735. The van der Waals surface area contributed by atoms with Crippen molar-refractivity contribution < 1.29 is 18.7 Å². The molecule has 6 nitrogen and oxygen atoms in total. The Morgan fingerprint density at radius 3 is 2.43 bits per heavy atom. The first-order chi connectivity index (χ1) is 10.0. The summed E-state index contributed by atoms with van der Waals surface area (Å²) in [6.07, 6.45) is 0. The second kappa shape index (κ2) is 4.75. The van der Waals surface area contributed by atoms with Crippen LogP contribution in [0.4, 0.5) is 0 Å². The van der Waals surface area contributed by atoms with E-state index in [1.54, 1.807) is 12.1 Å². The zero-order chi connectivity index (χ0) is 15.0. The van der Waals surface area contributed by atoms with E-state index in [9.17, 15) is 14.4 Å². The van der Waals surface area contributed by atoms with Crippen molar-refractivity contribution in [2.45, 2.75) is 0 Å². The van der Waals surface area contributed by atoms with Crippen molar-refractivity contribution in [2.75, 3.05) is 0 Å². The molecule has 104 valence electrons. The van der Waals surface area contributed by atoms with Crippen LogP contribution >= 0.6 is 0 Å². The number of hydrogen-bond donors (Lipinski definition) is 1. The van der Waals surface area contributed by atoms with Crippen LogP contribution in [0.2, 0.25) is 0 Å². The number of benzene rings is 2. The van der Waals surface area contributed by atoms with E-state index >= 15 is 0 Å². The highest BCUT2D eigenvalue weighted by Crippen LogP contribution is 2.13. The van der Waals surface area contributed by atoms with E-state index in [0.717, 1.165) is 0 Å². The molecular formula is C15H8O6. The van der Waals surface area contributed by atoms with Gasteiger partial charge in [0.25, 0.3) is 0 Å². The fourth-order valence-electron chi connectivity index (χ4n) is 1.96. The summed E-state index contributed by atoms with van der Waals surface area (Å²) in [5, 5.41) is 8.98. The van der Waals surface area contributed by atoms with Gasteiger partial charge >= 0.3 is 17.2 Å². The first-order valence-corrected chi connectivity index (χ1v) is 5.96. The van der Waals surface area contributed by atoms with Crippen LogP contribution in [-0.2, 0) is 0 Å². The average molecular weight is 284 g/mol. The van der Waals surface area contributed by atoms with Gasteiger partial charge < -0.3 is 13.9 Å². The minimum absolute atomic E-state index is 0.142. The van der Waals surface area contributed by atoms with Crippen LogP contribution < -0.4 is 11.3 Å². The highest BCUT2D eigenvalue weighted by atomic mass is 16.4. The van der Waals surface area contributed by atoms with Crippen LogP contribution in [0.25, 0.3) is 21.9 Å². The van der Waals surface area contributed by atoms with E-state index < -0.39 is 17.2 Å². The van der Waals surface area contributed by atoms with Crippen molar-refractivity contribution in [3.8, 4) is 0 Å². The van der Waals surface area contributed by atoms with Gasteiger partial charge in [0.15, 0.2) is 0 Å². The number of fused-ring (bicyclic) bond motifs is 4. The highest BCUT2D eigenvalue weighted by molar-refractivity contribution is 5.97. The standard InChI is InChI=1S/C15H8O6/c16-13(17)11-5-4-10-7-12(11)15(19)21-14(18)8-2-1-3-9(6-8)20-10/h1-7H,(H,16,17). The summed E-state index contributed by atoms with van der Waals surface area (Å²) in [5.74, 6) is -1.29. The summed E-state index contributed by atoms with van der Waals surface area (Å²) < 4.78 is 10.2. The molecule has 0 spiro atoms. The predicted molar refractivity (Wildman–Crippen MR) is 74.3 cm³/mol. The maximum Gasteiger partial charge on any atom is 0.347 e. The van der Waals surface area contributed by atoms with E-state index in [1.165, 1.54) is 30.3 Å². The smallest absolute Gasteiger partial charge is 0.347 e. The molecular weight excluding hydrogens is 276 g/mol. The van der Waals surface area contributed by atoms with Crippen molar-refractivity contribution in [1.82, 2.24) is 0 Å². The molecule has 0 unspecified atom stereocenters. The summed E-state index contributed by atoms with van der Waals surface area (Å²) in [5.41, 5.74) is -1.50. The SMILES string of the molecule is O=C(O)c1ccc2cc1c(=O)oc(=O)c1cccc(c1)o2. The van der Waals surface area contributed by atoms with Crippen LogP contribution in [0.15, 0.2) is 60.9 Å². The van der Waals surface area contributed by atoms with Crippen LogP contribution in [0.5, 0.6) is 0 Å². The summed E-state index contributed by atoms with van der Waals surface area (Å²) in [6.45, 7) is 0. The van der Waals surface area contributed by atoms with Gasteiger partial charge in [-0.1, -0.05) is 6.07 Å². The van der Waals surface area contributed by atoms with E-state index in [0.29, 0.717) is 5.58 Å². The van der Waals surface area contributed by atoms with Crippen LogP contribution in [0, 0.1) is 0 Å². The molecule has 3 aromatic rings. The second-order valence-electron chi connectivity index (χ2n) is 4.32. The van der Waals surface area contributed by atoms with Crippen molar-refractivity contribution >= 4 is 27.9 Å². The van der Waals surface area contributed by atoms with Gasteiger partial charge in [-0.15, -0.1) is 0 Å². The molecule has 0 saturated carbocycles. The maximum absolute atomic E-state index is 12.0. The summed E-state index contributed by atoms with van der Waals surface area (Å²) in [4.78, 5) is 34.9. The molecule has 0 amide bonds. The van der Waals surface area contributed by atoms with Gasteiger partial charge in [-0.2, -0.15) is 0 Å². The monoisotopic (exact) mass is 284 g/mol. The van der Waals surface area contributed by atoms with Crippen molar-refractivity contribution in [2.24, 2.45) is 0 Å². The maximum atomic E-state index is 12.0. The summed E-state index contributed by atoms with van der Waals surface area (Å²) in [7, 11) is 0. The third-order valence-corrected chi connectivity index (χ3v) is 2.93. The van der Waals surface area contributed by atoms with Gasteiger partial charge in [0.05, 0.1) is 16.3 Å². The van der Waals surface area contributed by atoms with Crippen LogP contribution in [-0.4, -0.2) is 11.1 Å². The van der Waals surface area contributed by atoms with E-state index in [2.05, 4.69) is 0 Å². The van der Waals surface area contributed by atoms with Crippen molar-refractivity contribution in [1.29, 1.82) is 0 Å². The Morgan fingerprint density at radius 2 is 1.67 bits per heavy atom. The zero-order valence-electron chi connectivity index (χ0n) is 10.5. The molecule has 0 saturated heterocycles. The molecule has 0 atom stereocenters. The molecule has 3 rings (SSSR count). The number of hydrogen-bond acceptors (Lipinski definition) is 5. The lowest BCUT2D eigenvalue weighted by Crippen LogP contribution is -2.10. The third kappa shape index (κ3) is 2.34. The van der Waals surface area contributed by atoms with E-state index in [1.807, 2.05) is 0 Å². The van der Waals surface area contributed by atoms with Crippen LogP contribution in [0.3, 0.4) is 0 Å². The summed E-state index contributed by atoms with van der Waals surface area (Å²) in [6, 6.07) is 10.0. The zero-order valence-corrected chi connectivity index (χ0v) is 10.5. The fraction of sp³-hybridized carbons (Fsp3) is 0. The molecule has 21 heavy (non-hydrogen) atoms. The largest absolute Gasteiger partial charge is 0.478 e. The van der Waals surface area contributed by atoms with Gasteiger partial charge in [0.2, 0.25) is 0 Å². The Labute approximate surface area is 116 Å². The molecule has 0 aliphatic heterocycles. The highest BCUT2D eigenvalue weighted by Gasteiger charge is 2.10. The van der Waals surface area contributed by atoms with Gasteiger partial charge in [-0.25, -0.2) is 14.4 Å². The molecule has 0 radical (unpaired) electrons. The Hall–Kier alpha value is -3.15. The van der Waals surface area contributed by atoms with Gasteiger partial charge in [0, 0.05) is 0 Å². The Bertz CT molecular complexity index is 1010. The Balaban J connectivity index is 2.61. The Kier molecular flexibility index (Phi) is 2.91. The molecule has 0 aliphatic carbocycles. The average Bonchev–Trinajstić information content (AvgIpc) is 2.46. The Morgan fingerprint density at radius 1 is 0.905 bits per heavy atom. The van der Waals surface area contributed by atoms with Gasteiger partial charge in [-0.3, -0.25) is 0 Å². The number of carboxylic acid groups (broad SMARTS) is 1. The number of carbonyl (C=O) groups is 1. The summed E-state index contributed by atoms with van der Waals surface area (Å²) >= 11 is 0. The predicted octanol–water partition coefficient (Wildman–Crippen LogP) is 2.16. The first-order valence-electron chi connectivity index (χ1n) is 5.96. The lowest BCUT2D eigenvalue weighted by atomic mass is 10.1. The van der Waals surface area contributed by atoms with Crippen LogP contribution in [0.1, 0.15) is 10.4 Å². The van der Waals surface area contributed by atoms with Gasteiger partial charge in [0.1, 0.15) is 11.2 Å². The van der Waals surface area contributed by atoms with Gasteiger partial charge in [-0.05, 0) is 36.4 Å². The van der Waals surface area contributed by atoms with Crippen molar-refractivity contribution in [3.05, 3.63) is 68.9 Å². The molecule has 1 heterocycles. The number of aromatic carboxylic acids is 1. The first kappa shape index (κ1) is 12.9. The lowest BCUT2D eigenvalue weighted by molar-refractivity contribution is 0.0698. The minimum Gasteiger partial charge on any atom is -0.478 e. The van der Waals surface area contributed by atoms with E-state index in [4.69, 9.17) is 13.9 Å². The topological polar surface area (TPSA) is 97.7 Å². The molecule has 0 aliphatic rings. The molecule has 6 heteroatoms. The second-order valence-corrected chi connectivity index (χ2v) is 4.32.